The second kappa shape index (κ2) is 5.62. The summed E-state index contributed by atoms with van der Waals surface area (Å²) in [6.07, 6.45) is 0.0332. The molecule has 1 atom stereocenters. The van der Waals surface area contributed by atoms with Gasteiger partial charge in [-0.1, -0.05) is 6.92 Å². The second-order valence-corrected chi connectivity index (χ2v) is 4.19. The summed E-state index contributed by atoms with van der Waals surface area (Å²) in [4.78, 5) is 22.2. The number of carboxylic acids is 1. The van der Waals surface area contributed by atoms with Crippen molar-refractivity contribution >= 4 is 11.9 Å². The molecule has 0 aromatic heterocycles. The lowest BCUT2D eigenvalue weighted by Gasteiger charge is -2.11. The number of benzene rings is 1. The lowest BCUT2D eigenvalue weighted by Crippen LogP contribution is -2.14. The van der Waals surface area contributed by atoms with Gasteiger partial charge in [0.2, 0.25) is 0 Å². The second-order valence-electron chi connectivity index (χ2n) is 4.19. The van der Waals surface area contributed by atoms with Crippen LogP contribution in [0.4, 0.5) is 4.39 Å². The predicted molar refractivity (Wildman–Crippen MR) is 63.0 cm³/mol. The summed E-state index contributed by atoms with van der Waals surface area (Å²) < 4.78 is 18.3. The Bertz CT molecular complexity index is 482. The van der Waals surface area contributed by atoms with Crippen molar-refractivity contribution in [2.45, 2.75) is 20.3 Å². The van der Waals surface area contributed by atoms with Crippen LogP contribution in [0, 0.1) is 18.7 Å². The molecule has 0 amide bonds. The highest BCUT2D eigenvalue weighted by Gasteiger charge is 2.18. The number of carbonyl (C=O) groups is 2. The molecular formula is C13H15FO4. The van der Waals surface area contributed by atoms with Crippen LogP contribution in [0.15, 0.2) is 12.1 Å². The molecule has 1 aromatic rings. The number of carbonyl (C=O) groups excluding carboxylic acids is 1. The molecule has 0 saturated heterocycles. The Hall–Kier alpha value is -1.91. The van der Waals surface area contributed by atoms with Crippen LogP contribution in [0.25, 0.3) is 0 Å². The maximum Gasteiger partial charge on any atom is 0.338 e. The Kier molecular flexibility index (Phi) is 4.42. The van der Waals surface area contributed by atoms with E-state index in [4.69, 9.17) is 5.11 Å². The van der Waals surface area contributed by atoms with Gasteiger partial charge in [0.05, 0.1) is 18.6 Å². The molecule has 1 unspecified atom stereocenters. The van der Waals surface area contributed by atoms with E-state index in [2.05, 4.69) is 4.74 Å². The summed E-state index contributed by atoms with van der Waals surface area (Å²) in [7, 11) is 1.24. The Morgan fingerprint density at radius 2 is 2.06 bits per heavy atom. The molecule has 1 rings (SSSR count). The summed E-state index contributed by atoms with van der Waals surface area (Å²) in [6, 6.07) is 2.58. The number of ether oxygens (including phenoxy) is 1. The maximum absolute atomic E-state index is 13.7. The van der Waals surface area contributed by atoms with E-state index >= 15 is 0 Å². The molecule has 0 bridgehead atoms. The zero-order valence-electron chi connectivity index (χ0n) is 10.5. The summed E-state index contributed by atoms with van der Waals surface area (Å²) in [5, 5.41) is 8.80. The molecule has 0 spiro atoms. The number of hydrogen-bond acceptors (Lipinski definition) is 3. The van der Waals surface area contributed by atoms with Gasteiger partial charge in [0, 0.05) is 0 Å². The molecule has 18 heavy (non-hydrogen) atoms. The van der Waals surface area contributed by atoms with E-state index in [9.17, 15) is 14.0 Å². The normalized spacial score (nSPS) is 12.0. The monoisotopic (exact) mass is 254 g/mol. The quantitative estimate of drug-likeness (QED) is 0.836. The molecular weight excluding hydrogens is 239 g/mol. The highest BCUT2D eigenvalue weighted by Crippen LogP contribution is 2.19. The van der Waals surface area contributed by atoms with Gasteiger partial charge in [0.15, 0.2) is 0 Å². The molecule has 0 radical (unpaired) electrons. The number of hydrogen-bond donors (Lipinski definition) is 1. The van der Waals surface area contributed by atoms with E-state index in [1.165, 1.54) is 26.2 Å². The van der Waals surface area contributed by atoms with Gasteiger partial charge in [-0.05, 0) is 36.6 Å². The summed E-state index contributed by atoms with van der Waals surface area (Å²) in [5.41, 5.74) is 0.925. The Morgan fingerprint density at radius 3 is 2.56 bits per heavy atom. The van der Waals surface area contributed by atoms with Gasteiger partial charge in [-0.25, -0.2) is 9.18 Å². The van der Waals surface area contributed by atoms with Gasteiger partial charge < -0.3 is 9.84 Å². The lowest BCUT2D eigenvalue weighted by molar-refractivity contribution is -0.141. The first-order valence-electron chi connectivity index (χ1n) is 5.47. The van der Waals surface area contributed by atoms with Crippen LogP contribution in [0.2, 0.25) is 0 Å². The van der Waals surface area contributed by atoms with E-state index < -0.39 is 23.7 Å². The van der Waals surface area contributed by atoms with Gasteiger partial charge in [0.1, 0.15) is 5.82 Å². The summed E-state index contributed by atoms with van der Waals surface area (Å²) >= 11 is 0. The molecule has 0 aliphatic rings. The number of methoxy groups -OCH3 is 1. The lowest BCUT2D eigenvalue weighted by atomic mass is 9.97. The Labute approximate surface area is 104 Å². The topological polar surface area (TPSA) is 63.6 Å². The van der Waals surface area contributed by atoms with Crippen molar-refractivity contribution < 1.29 is 23.8 Å². The van der Waals surface area contributed by atoms with Gasteiger partial charge in [0.25, 0.3) is 0 Å². The first-order valence-corrected chi connectivity index (χ1v) is 5.47. The van der Waals surface area contributed by atoms with Crippen molar-refractivity contribution in [1.29, 1.82) is 0 Å². The molecule has 4 nitrogen and oxygen atoms in total. The van der Waals surface area contributed by atoms with Crippen LogP contribution in [0.3, 0.4) is 0 Å². The zero-order valence-corrected chi connectivity index (χ0v) is 10.5. The van der Waals surface area contributed by atoms with Gasteiger partial charge >= 0.3 is 11.9 Å². The number of aryl methyl sites for hydroxylation is 1. The van der Waals surface area contributed by atoms with Crippen LogP contribution < -0.4 is 0 Å². The van der Waals surface area contributed by atoms with Crippen LogP contribution >= 0.6 is 0 Å². The first kappa shape index (κ1) is 14.2. The minimum absolute atomic E-state index is 0.0332. The predicted octanol–water partition coefficient (Wildman–Crippen LogP) is 2.18. The van der Waals surface area contributed by atoms with Crippen LogP contribution in [-0.4, -0.2) is 24.2 Å². The van der Waals surface area contributed by atoms with Crippen molar-refractivity contribution in [2.75, 3.05) is 7.11 Å². The van der Waals surface area contributed by atoms with E-state index in [1.807, 2.05) is 0 Å². The molecule has 0 aliphatic carbocycles. The average molecular weight is 254 g/mol. The van der Waals surface area contributed by atoms with Crippen molar-refractivity contribution in [3.8, 4) is 0 Å². The third-order valence-electron chi connectivity index (χ3n) is 2.75. The van der Waals surface area contributed by atoms with Crippen molar-refractivity contribution in [2.24, 2.45) is 5.92 Å². The fourth-order valence-corrected chi connectivity index (χ4v) is 1.62. The zero-order chi connectivity index (χ0) is 13.9. The summed E-state index contributed by atoms with van der Waals surface area (Å²) in [5.74, 6) is -2.78. The highest BCUT2D eigenvalue weighted by atomic mass is 19.1. The smallest absolute Gasteiger partial charge is 0.338 e. The van der Waals surface area contributed by atoms with E-state index in [1.54, 1.807) is 6.92 Å². The van der Waals surface area contributed by atoms with Gasteiger partial charge in [-0.3, -0.25) is 4.79 Å². The fraction of sp³-hybridized carbons (Fsp3) is 0.385. The minimum atomic E-state index is -1.01. The Morgan fingerprint density at radius 1 is 1.44 bits per heavy atom. The molecule has 0 aliphatic heterocycles. The van der Waals surface area contributed by atoms with E-state index in [-0.39, 0.29) is 17.5 Å². The molecule has 98 valence electrons. The van der Waals surface area contributed by atoms with Crippen molar-refractivity contribution in [1.82, 2.24) is 0 Å². The molecule has 1 N–H and O–H groups in total. The van der Waals surface area contributed by atoms with Crippen LogP contribution in [0.5, 0.6) is 0 Å². The van der Waals surface area contributed by atoms with Crippen molar-refractivity contribution in [3.05, 3.63) is 34.6 Å². The number of aliphatic carboxylic acids is 1. The largest absolute Gasteiger partial charge is 0.481 e. The molecule has 0 fully saturated rings. The average Bonchev–Trinajstić information content (AvgIpc) is 2.31. The Balaban J connectivity index is 3.13. The number of rotatable bonds is 4. The fourth-order valence-electron chi connectivity index (χ4n) is 1.62. The van der Waals surface area contributed by atoms with E-state index in [0.29, 0.717) is 5.56 Å². The SMILES string of the molecule is COC(=O)c1cc(CC(C)C(=O)O)c(F)cc1C. The van der Waals surface area contributed by atoms with Crippen molar-refractivity contribution in [3.63, 3.8) is 0 Å². The van der Waals surface area contributed by atoms with E-state index in [0.717, 1.165) is 0 Å². The maximum atomic E-state index is 13.7. The molecule has 0 saturated carbocycles. The third-order valence-corrected chi connectivity index (χ3v) is 2.75. The van der Waals surface area contributed by atoms with Crippen LogP contribution in [-0.2, 0) is 16.0 Å². The number of esters is 1. The van der Waals surface area contributed by atoms with Gasteiger partial charge in [-0.2, -0.15) is 0 Å². The van der Waals surface area contributed by atoms with Crippen LogP contribution in [0.1, 0.15) is 28.4 Å². The minimum Gasteiger partial charge on any atom is -0.481 e. The standard InChI is InChI=1S/C13H15FO4/c1-7-5-11(14)9(4-8(2)12(15)16)6-10(7)13(17)18-3/h5-6,8H,4H2,1-3H3,(H,15,16). The molecule has 0 heterocycles. The third kappa shape index (κ3) is 3.06. The molecule has 1 aromatic carbocycles. The number of halogens is 1. The van der Waals surface area contributed by atoms with Gasteiger partial charge in [-0.15, -0.1) is 0 Å². The summed E-state index contributed by atoms with van der Waals surface area (Å²) in [6.45, 7) is 3.08. The first-order chi connectivity index (χ1) is 8.36. The molecule has 5 heteroatoms. The number of carboxylic acid groups (broad SMARTS) is 1. The highest BCUT2D eigenvalue weighted by molar-refractivity contribution is 5.91.